The molecular weight excluding hydrogens is 222 g/mol. The van der Waals surface area contributed by atoms with Crippen LogP contribution in [-0.4, -0.2) is 28.9 Å². The minimum absolute atomic E-state index is 0.0166. The summed E-state index contributed by atoms with van der Waals surface area (Å²) in [6.07, 6.45) is 7.20. The Morgan fingerprint density at radius 2 is 2.12 bits per heavy atom. The molecule has 90 valence electrons. The van der Waals surface area contributed by atoms with Gasteiger partial charge in [0, 0.05) is 0 Å². The molecule has 0 aromatic carbocycles. The number of thioether (sulfide) groups is 1. The number of carbonyl (C=O) groups excluding carboxylic acids is 1. The van der Waals surface area contributed by atoms with Crippen molar-refractivity contribution in [1.29, 1.82) is 0 Å². The first kappa shape index (κ1) is 12.0. The molecule has 1 heterocycles. The molecule has 1 aliphatic carbocycles. The Balaban J connectivity index is 2.10. The maximum Gasteiger partial charge on any atom is 0.332 e. The van der Waals surface area contributed by atoms with E-state index in [0.29, 0.717) is 6.61 Å². The molecule has 1 atom stereocenters. The van der Waals surface area contributed by atoms with Crippen LogP contribution in [0.4, 0.5) is 0 Å². The standard InChI is InChI=1S/C12H19NO2S/c1-2-15-11(14)10-12(16-9-13-10)7-5-3-4-6-8-12/h9-10H,2-8H2,1H3. The van der Waals surface area contributed by atoms with Crippen LogP contribution in [0.15, 0.2) is 4.99 Å². The van der Waals surface area contributed by atoms with Crippen molar-refractivity contribution >= 4 is 23.3 Å². The second kappa shape index (κ2) is 5.21. The number of aliphatic imine (C=N–C) groups is 1. The minimum atomic E-state index is -0.254. The van der Waals surface area contributed by atoms with Crippen LogP contribution >= 0.6 is 11.8 Å². The third-order valence-electron chi connectivity index (χ3n) is 3.46. The van der Waals surface area contributed by atoms with Crippen molar-refractivity contribution in [3.8, 4) is 0 Å². The van der Waals surface area contributed by atoms with E-state index in [9.17, 15) is 4.79 Å². The van der Waals surface area contributed by atoms with Gasteiger partial charge in [-0.3, -0.25) is 4.99 Å². The van der Waals surface area contributed by atoms with E-state index in [1.165, 1.54) is 25.7 Å². The lowest BCUT2D eigenvalue weighted by Gasteiger charge is -2.30. The maximum atomic E-state index is 11.9. The van der Waals surface area contributed by atoms with Crippen LogP contribution < -0.4 is 0 Å². The lowest BCUT2D eigenvalue weighted by Crippen LogP contribution is -2.41. The number of carbonyl (C=O) groups is 1. The molecule has 1 aliphatic heterocycles. The molecular formula is C12H19NO2S. The second-order valence-electron chi connectivity index (χ2n) is 4.51. The number of hydrogen-bond acceptors (Lipinski definition) is 4. The van der Waals surface area contributed by atoms with Crippen LogP contribution in [0.5, 0.6) is 0 Å². The van der Waals surface area contributed by atoms with Gasteiger partial charge in [-0.2, -0.15) is 0 Å². The van der Waals surface area contributed by atoms with Crippen LogP contribution in [0.3, 0.4) is 0 Å². The molecule has 0 aromatic rings. The minimum Gasteiger partial charge on any atom is -0.464 e. The lowest BCUT2D eigenvalue weighted by molar-refractivity contribution is -0.145. The van der Waals surface area contributed by atoms with Gasteiger partial charge in [0.2, 0.25) is 0 Å². The number of ether oxygens (including phenoxy) is 1. The molecule has 0 saturated heterocycles. The van der Waals surface area contributed by atoms with Gasteiger partial charge >= 0.3 is 5.97 Å². The monoisotopic (exact) mass is 241 g/mol. The van der Waals surface area contributed by atoms with E-state index in [2.05, 4.69) is 4.99 Å². The van der Waals surface area contributed by atoms with Gasteiger partial charge in [-0.15, -0.1) is 11.8 Å². The Bertz CT molecular complexity index is 283. The van der Waals surface area contributed by atoms with Gasteiger partial charge in [0.1, 0.15) is 0 Å². The number of esters is 1. The zero-order valence-electron chi connectivity index (χ0n) is 9.78. The topological polar surface area (TPSA) is 38.7 Å². The summed E-state index contributed by atoms with van der Waals surface area (Å²) in [5.41, 5.74) is 1.85. The van der Waals surface area contributed by atoms with E-state index in [-0.39, 0.29) is 16.8 Å². The van der Waals surface area contributed by atoms with Gasteiger partial charge in [0.05, 0.1) is 16.9 Å². The summed E-state index contributed by atoms with van der Waals surface area (Å²) in [5, 5.41) is 0. The van der Waals surface area contributed by atoms with Gasteiger partial charge in [-0.1, -0.05) is 25.7 Å². The van der Waals surface area contributed by atoms with Crippen LogP contribution in [0.25, 0.3) is 0 Å². The average molecular weight is 241 g/mol. The van der Waals surface area contributed by atoms with Crippen molar-refractivity contribution in [2.24, 2.45) is 4.99 Å². The van der Waals surface area contributed by atoms with Crippen LogP contribution in [0, 0.1) is 0 Å². The molecule has 16 heavy (non-hydrogen) atoms. The molecule has 0 radical (unpaired) electrons. The predicted molar refractivity (Wildman–Crippen MR) is 66.9 cm³/mol. The molecule has 3 nitrogen and oxygen atoms in total. The fraction of sp³-hybridized carbons (Fsp3) is 0.833. The van der Waals surface area contributed by atoms with Crippen molar-refractivity contribution in [2.45, 2.75) is 56.2 Å². The van der Waals surface area contributed by atoms with Gasteiger partial charge in [-0.25, -0.2) is 4.79 Å². The van der Waals surface area contributed by atoms with E-state index < -0.39 is 0 Å². The highest BCUT2D eigenvalue weighted by atomic mass is 32.2. The molecule has 1 fully saturated rings. The zero-order valence-corrected chi connectivity index (χ0v) is 10.6. The molecule has 2 rings (SSSR count). The Morgan fingerprint density at radius 1 is 1.44 bits per heavy atom. The third kappa shape index (κ3) is 2.26. The number of rotatable bonds is 2. The van der Waals surface area contributed by atoms with Crippen molar-refractivity contribution in [3.63, 3.8) is 0 Å². The van der Waals surface area contributed by atoms with Crippen molar-refractivity contribution in [2.75, 3.05) is 6.61 Å². The van der Waals surface area contributed by atoms with Gasteiger partial charge in [0.15, 0.2) is 6.04 Å². The first-order valence-electron chi connectivity index (χ1n) is 6.14. The van der Waals surface area contributed by atoms with Crippen LogP contribution in [0.2, 0.25) is 0 Å². The Morgan fingerprint density at radius 3 is 2.75 bits per heavy atom. The van der Waals surface area contributed by atoms with E-state index in [1.807, 2.05) is 12.5 Å². The highest BCUT2D eigenvalue weighted by Gasteiger charge is 2.46. The third-order valence-corrected chi connectivity index (χ3v) is 4.78. The molecule has 0 N–H and O–H groups in total. The molecule has 1 unspecified atom stereocenters. The normalized spacial score (nSPS) is 27.9. The summed E-state index contributed by atoms with van der Waals surface area (Å²) >= 11 is 1.75. The Labute approximate surface area is 101 Å². The van der Waals surface area contributed by atoms with Crippen molar-refractivity contribution < 1.29 is 9.53 Å². The molecule has 0 bridgehead atoms. The van der Waals surface area contributed by atoms with Gasteiger partial charge < -0.3 is 4.74 Å². The smallest absolute Gasteiger partial charge is 0.332 e. The Hall–Kier alpha value is -0.510. The zero-order chi connectivity index (χ0) is 11.4. The van der Waals surface area contributed by atoms with Gasteiger partial charge in [-0.05, 0) is 19.8 Å². The van der Waals surface area contributed by atoms with Crippen molar-refractivity contribution in [1.82, 2.24) is 0 Å². The lowest BCUT2D eigenvalue weighted by atomic mass is 9.91. The second-order valence-corrected chi connectivity index (χ2v) is 5.77. The molecule has 0 aromatic heterocycles. The quantitative estimate of drug-likeness (QED) is 0.698. The highest BCUT2D eigenvalue weighted by molar-refractivity contribution is 8.13. The van der Waals surface area contributed by atoms with E-state index in [4.69, 9.17) is 4.74 Å². The highest BCUT2D eigenvalue weighted by Crippen LogP contribution is 2.45. The van der Waals surface area contributed by atoms with Crippen LogP contribution in [0.1, 0.15) is 45.4 Å². The summed E-state index contributed by atoms with van der Waals surface area (Å²) in [5.74, 6) is -0.134. The Kier molecular flexibility index (Phi) is 3.90. The first-order valence-corrected chi connectivity index (χ1v) is 7.02. The summed E-state index contributed by atoms with van der Waals surface area (Å²) in [6.45, 7) is 2.30. The first-order chi connectivity index (χ1) is 7.78. The van der Waals surface area contributed by atoms with E-state index in [0.717, 1.165) is 12.8 Å². The van der Waals surface area contributed by atoms with E-state index >= 15 is 0 Å². The van der Waals surface area contributed by atoms with Gasteiger partial charge in [0.25, 0.3) is 0 Å². The summed E-state index contributed by atoms with van der Waals surface area (Å²) in [6, 6.07) is -0.254. The van der Waals surface area contributed by atoms with E-state index in [1.54, 1.807) is 11.8 Å². The molecule has 2 aliphatic rings. The largest absolute Gasteiger partial charge is 0.464 e. The molecule has 0 amide bonds. The number of hydrogen-bond donors (Lipinski definition) is 0. The predicted octanol–water partition coefficient (Wildman–Crippen LogP) is 2.79. The fourth-order valence-electron chi connectivity index (χ4n) is 2.61. The average Bonchev–Trinajstić information content (AvgIpc) is 2.52. The molecule has 4 heteroatoms. The maximum absolute atomic E-state index is 11.9. The summed E-state index contributed by atoms with van der Waals surface area (Å²) in [4.78, 5) is 16.2. The molecule has 1 spiro atoms. The SMILES string of the molecule is CCOC(=O)C1N=CSC12CCCCCC2. The molecule has 1 saturated carbocycles. The number of nitrogens with zero attached hydrogens (tertiary/aromatic N) is 1. The fourth-order valence-corrected chi connectivity index (χ4v) is 3.81. The van der Waals surface area contributed by atoms with Crippen LogP contribution in [-0.2, 0) is 9.53 Å². The van der Waals surface area contributed by atoms with Crippen molar-refractivity contribution in [3.05, 3.63) is 0 Å². The summed E-state index contributed by atoms with van der Waals surface area (Å²) in [7, 11) is 0. The summed E-state index contributed by atoms with van der Waals surface area (Å²) < 4.78 is 5.14.